The molecule has 1 heterocycles. The maximum Gasteiger partial charge on any atom is 0.0626 e. The highest BCUT2D eigenvalue weighted by atomic mass is 16.3. The molecule has 5 rings (SSSR count). The highest BCUT2D eigenvalue weighted by Crippen LogP contribution is 2.72. The van der Waals surface area contributed by atoms with Gasteiger partial charge in [0.1, 0.15) is 0 Å². The van der Waals surface area contributed by atoms with E-state index in [-0.39, 0.29) is 28.8 Å². The fourth-order valence-electron chi connectivity index (χ4n) is 8.73. The van der Waals surface area contributed by atoms with Crippen LogP contribution in [0.2, 0.25) is 0 Å². The van der Waals surface area contributed by atoms with Gasteiger partial charge in [-0.2, -0.15) is 0 Å². The molecule has 3 fully saturated rings. The van der Waals surface area contributed by atoms with Crippen molar-refractivity contribution in [2.24, 2.45) is 34.5 Å². The maximum atomic E-state index is 11.3. The zero-order valence-corrected chi connectivity index (χ0v) is 20.0. The molecule has 8 unspecified atom stereocenters. The van der Waals surface area contributed by atoms with Crippen molar-refractivity contribution in [3.8, 4) is 0 Å². The van der Waals surface area contributed by atoms with Gasteiger partial charge >= 0.3 is 0 Å². The molecular weight excluding hydrogens is 382 g/mol. The van der Waals surface area contributed by atoms with Gasteiger partial charge in [-0.1, -0.05) is 39.0 Å². The van der Waals surface area contributed by atoms with Gasteiger partial charge in [0.2, 0.25) is 0 Å². The number of fused-ring (bicyclic) bond motifs is 1. The summed E-state index contributed by atoms with van der Waals surface area (Å²) in [5.74, 6) is 2.10. The van der Waals surface area contributed by atoms with E-state index >= 15 is 0 Å². The monoisotopic (exact) mass is 423 g/mol. The molecule has 31 heavy (non-hydrogen) atoms. The van der Waals surface area contributed by atoms with Gasteiger partial charge in [0.25, 0.3) is 0 Å². The van der Waals surface area contributed by atoms with Crippen molar-refractivity contribution in [1.82, 2.24) is 4.98 Å². The highest BCUT2D eigenvalue weighted by molar-refractivity contribution is 5.80. The van der Waals surface area contributed by atoms with Crippen molar-refractivity contribution >= 4 is 10.9 Å². The third kappa shape index (κ3) is 3.06. The molecule has 1 aromatic carbocycles. The largest absolute Gasteiger partial charge is 0.393 e. The maximum absolute atomic E-state index is 11.3. The molecule has 3 nitrogen and oxygen atoms in total. The van der Waals surface area contributed by atoms with Gasteiger partial charge in [-0.15, -0.1) is 0 Å². The van der Waals surface area contributed by atoms with E-state index in [1.807, 2.05) is 13.8 Å². The molecule has 2 aromatic rings. The van der Waals surface area contributed by atoms with Crippen molar-refractivity contribution in [3.05, 3.63) is 36.0 Å². The number of para-hydroxylation sites is 1. The van der Waals surface area contributed by atoms with E-state index in [0.717, 1.165) is 25.7 Å². The Balaban J connectivity index is 1.70. The summed E-state index contributed by atoms with van der Waals surface area (Å²) < 4.78 is 0. The second kappa shape index (κ2) is 7.09. The number of nitrogens with one attached hydrogen (secondary N) is 1. The van der Waals surface area contributed by atoms with Gasteiger partial charge in [0.05, 0.1) is 11.7 Å². The summed E-state index contributed by atoms with van der Waals surface area (Å²) in [5.41, 5.74) is 2.16. The van der Waals surface area contributed by atoms with Gasteiger partial charge in [-0.25, -0.2) is 0 Å². The molecular formula is C28H41NO2. The van der Waals surface area contributed by atoms with E-state index in [4.69, 9.17) is 0 Å². The molecule has 0 radical (unpaired) electrons. The Kier molecular flexibility index (Phi) is 4.92. The Bertz CT molecular complexity index is 924. The highest BCUT2D eigenvalue weighted by Gasteiger charge is 2.66. The van der Waals surface area contributed by atoms with Crippen molar-refractivity contribution < 1.29 is 10.2 Å². The Morgan fingerprint density at radius 1 is 1.10 bits per heavy atom. The van der Waals surface area contributed by atoms with Crippen LogP contribution in [0, 0.1) is 34.5 Å². The third-order valence-corrected chi connectivity index (χ3v) is 10.4. The number of H-pyrrole nitrogens is 1. The summed E-state index contributed by atoms with van der Waals surface area (Å²) in [5, 5.41) is 23.6. The number of aromatic amines is 1. The molecule has 3 aliphatic carbocycles. The fourth-order valence-corrected chi connectivity index (χ4v) is 8.73. The lowest BCUT2D eigenvalue weighted by atomic mass is 9.36. The van der Waals surface area contributed by atoms with Gasteiger partial charge in [-0.05, 0) is 104 Å². The van der Waals surface area contributed by atoms with E-state index < -0.39 is 5.60 Å². The summed E-state index contributed by atoms with van der Waals surface area (Å²) in [4.78, 5) is 3.77. The molecule has 3 aliphatic rings. The Morgan fingerprint density at radius 3 is 2.55 bits per heavy atom. The van der Waals surface area contributed by atoms with Crippen LogP contribution in [0.1, 0.15) is 84.8 Å². The number of hydrogen-bond donors (Lipinski definition) is 3. The summed E-state index contributed by atoms with van der Waals surface area (Å²) >= 11 is 0. The van der Waals surface area contributed by atoms with Crippen molar-refractivity contribution in [2.45, 2.75) is 90.8 Å². The second-order valence-corrected chi connectivity index (χ2v) is 12.2. The molecule has 1 spiro atoms. The molecule has 1 aromatic heterocycles. The van der Waals surface area contributed by atoms with Crippen molar-refractivity contribution in [1.29, 1.82) is 0 Å². The van der Waals surface area contributed by atoms with Gasteiger partial charge in [0, 0.05) is 17.1 Å². The first-order chi connectivity index (χ1) is 14.6. The van der Waals surface area contributed by atoms with Crippen LogP contribution in [-0.2, 0) is 0 Å². The lowest BCUT2D eigenvalue weighted by Crippen LogP contribution is -2.63. The second-order valence-electron chi connectivity index (χ2n) is 12.2. The number of hydrogen-bond acceptors (Lipinski definition) is 2. The number of aliphatic hydroxyl groups excluding tert-OH is 1. The normalized spacial score (nSPS) is 43.5. The average molecular weight is 424 g/mol. The third-order valence-electron chi connectivity index (χ3n) is 10.4. The number of aliphatic hydroxyl groups is 2. The van der Waals surface area contributed by atoms with E-state index in [1.165, 1.54) is 29.4 Å². The summed E-state index contributed by atoms with van der Waals surface area (Å²) in [6, 6.07) is 10.9. The summed E-state index contributed by atoms with van der Waals surface area (Å²) in [7, 11) is 0. The molecule has 0 saturated heterocycles. The quantitative estimate of drug-likeness (QED) is 0.534. The minimum Gasteiger partial charge on any atom is -0.393 e. The van der Waals surface area contributed by atoms with Crippen LogP contribution >= 0.6 is 0 Å². The smallest absolute Gasteiger partial charge is 0.0626 e. The van der Waals surface area contributed by atoms with Crippen molar-refractivity contribution in [2.75, 3.05) is 0 Å². The van der Waals surface area contributed by atoms with Gasteiger partial charge < -0.3 is 15.2 Å². The number of rotatable bonds is 2. The minimum atomic E-state index is -0.726. The Morgan fingerprint density at radius 2 is 1.84 bits per heavy atom. The molecule has 0 amide bonds. The van der Waals surface area contributed by atoms with E-state index in [2.05, 4.69) is 56.1 Å². The summed E-state index contributed by atoms with van der Waals surface area (Å²) in [6.07, 6.45) is 6.35. The molecule has 3 heteroatoms. The molecule has 3 saturated carbocycles. The van der Waals surface area contributed by atoms with E-state index in [0.29, 0.717) is 17.8 Å². The minimum absolute atomic E-state index is 0.144. The van der Waals surface area contributed by atoms with Gasteiger partial charge in [0.15, 0.2) is 0 Å². The average Bonchev–Trinajstić information content (AvgIpc) is 3.12. The lowest BCUT2D eigenvalue weighted by Gasteiger charge is -2.69. The molecule has 3 N–H and O–H groups in total. The Hall–Kier alpha value is -1.32. The van der Waals surface area contributed by atoms with Crippen LogP contribution < -0.4 is 0 Å². The van der Waals surface area contributed by atoms with E-state index in [9.17, 15) is 10.2 Å². The molecule has 8 atom stereocenters. The number of benzene rings is 1. The topological polar surface area (TPSA) is 56.2 Å². The molecule has 170 valence electrons. The zero-order valence-electron chi connectivity index (χ0n) is 20.0. The van der Waals surface area contributed by atoms with Crippen molar-refractivity contribution in [3.63, 3.8) is 0 Å². The summed E-state index contributed by atoms with van der Waals surface area (Å²) in [6.45, 7) is 11.4. The first-order valence-corrected chi connectivity index (χ1v) is 12.5. The van der Waals surface area contributed by atoms with Crippen LogP contribution in [0.25, 0.3) is 10.9 Å². The van der Waals surface area contributed by atoms with E-state index in [1.54, 1.807) is 0 Å². The standard InChI is InChI=1S/C28H41NO2/c1-17-10-12-27(5)18(2)14-20(30)16-28(27)13-11-21(26(3,4)31)24(25(17)28)23-15-19-8-6-7-9-22(19)29-23/h6-9,15,17-18,20-21,24-25,29-31H,10-14,16H2,1-5H3. The van der Waals surface area contributed by atoms with Crippen LogP contribution in [-0.4, -0.2) is 26.9 Å². The van der Waals surface area contributed by atoms with Crippen LogP contribution in [0.4, 0.5) is 0 Å². The fraction of sp³-hybridized carbons (Fsp3) is 0.714. The first-order valence-electron chi connectivity index (χ1n) is 12.5. The lowest BCUT2D eigenvalue weighted by molar-refractivity contribution is -0.211. The number of aromatic nitrogens is 1. The van der Waals surface area contributed by atoms with Crippen LogP contribution in [0.15, 0.2) is 30.3 Å². The predicted molar refractivity (Wildman–Crippen MR) is 127 cm³/mol. The first kappa shape index (κ1) is 21.5. The zero-order chi connectivity index (χ0) is 22.2. The molecule has 0 bridgehead atoms. The predicted octanol–water partition coefficient (Wildman–Crippen LogP) is 6.26. The Labute approximate surface area is 187 Å². The molecule has 0 aliphatic heterocycles. The van der Waals surface area contributed by atoms with Gasteiger partial charge in [-0.3, -0.25) is 0 Å². The SMILES string of the molecule is CC1CCC2(C)C(C)CC(O)CC23CCC(C(C)(C)O)C(c2cc4ccccc4[nH]2)C13. The van der Waals surface area contributed by atoms with Crippen LogP contribution in [0.3, 0.4) is 0 Å². The van der Waals surface area contributed by atoms with Crippen LogP contribution in [0.5, 0.6) is 0 Å².